The quantitative estimate of drug-likeness (QED) is 0.404. The third-order valence-electron chi connectivity index (χ3n) is 6.52. The molecule has 0 bridgehead atoms. The van der Waals surface area contributed by atoms with Crippen molar-refractivity contribution in [3.63, 3.8) is 0 Å². The zero-order valence-corrected chi connectivity index (χ0v) is 19.2. The first-order valence-electron chi connectivity index (χ1n) is 11.1. The van der Waals surface area contributed by atoms with Crippen LogP contribution in [0.1, 0.15) is 12.8 Å². The molecule has 184 valence electrons. The van der Waals surface area contributed by atoms with Gasteiger partial charge in [-0.05, 0) is 45.1 Å². The smallest absolute Gasteiger partial charge is 0.419 e. The monoisotopic (exact) mass is 488 g/mol. The maximum Gasteiger partial charge on any atom is 0.491 e. The summed E-state index contributed by atoms with van der Waals surface area (Å²) in [5, 5.41) is 16.4. The lowest BCUT2D eigenvalue weighted by molar-refractivity contribution is -0.189. The minimum absolute atomic E-state index is 0.150. The summed E-state index contributed by atoms with van der Waals surface area (Å²) in [6.07, 6.45) is -0.0426. The van der Waals surface area contributed by atoms with Gasteiger partial charge in [0.25, 0.3) is 0 Å². The number of carbonyl (C=O) groups excluding carboxylic acids is 1. The molecule has 0 radical (unpaired) electrons. The van der Waals surface area contributed by atoms with Gasteiger partial charge in [0, 0.05) is 36.7 Å². The van der Waals surface area contributed by atoms with Crippen LogP contribution in [0.15, 0.2) is 30.6 Å². The van der Waals surface area contributed by atoms with Gasteiger partial charge in [0.15, 0.2) is 0 Å². The molecular formula is C22H23F3N8O2. The second-order valence-corrected chi connectivity index (χ2v) is 9.12. The van der Waals surface area contributed by atoms with Gasteiger partial charge in [-0.25, -0.2) is 9.78 Å². The number of carbonyl (C=O) groups is 1. The molecular weight excluding hydrogens is 465 g/mol. The number of benzene rings is 1. The fraction of sp³-hybridized carbons (Fsp3) is 0.455. The Hall–Kier alpha value is -3.61. The first-order chi connectivity index (χ1) is 16.6. The molecule has 3 aromatic rings. The van der Waals surface area contributed by atoms with Crippen LogP contribution in [0, 0.1) is 5.41 Å². The first-order valence-corrected chi connectivity index (χ1v) is 11.1. The van der Waals surface area contributed by atoms with Crippen molar-refractivity contribution in [2.75, 3.05) is 38.1 Å². The highest BCUT2D eigenvalue weighted by Crippen LogP contribution is 2.41. The van der Waals surface area contributed by atoms with Crippen molar-refractivity contribution in [3.05, 3.63) is 30.6 Å². The maximum atomic E-state index is 12.9. The number of alkyl halides is 3. The summed E-state index contributed by atoms with van der Waals surface area (Å²) in [6.45, 7) is 3.83. The molecule has 0 atom stereocenters. The van der Waals surface area contributed by atoms with E-state index in [4.69, 9.17) is 4.74 Å². The highest BCUT2D eigenvalue weighted by molar-refractivity contribution is 5.82. The van der Waals surface area contributed by atoms with Crippen LogP contribution in [-0.2, 0) is 11.8 Å². The van der Waals surface area contributed by atoms with Gasteiger partial charge < -0.3 is 14.5 Å². The normalized spacial score (nSPS) is 17.9. The van der Waals surface area contributed by atoms with E-state index in [-0.39, 0.29) is 22.4 Å². The van der Waals surface area contributed by atoms with Crippen LogP contribution in [-0.4, -0.2) is 80.4 Å². The van der Waals surface area contributed by atoms with E-state index in [0.717, 1.165) is 39.0 Å². The van der Waals surface area contributed by atoms with Crippen LogP contribution >= 0.6 is 0 Å². The molecule has 4 heterocycles. The lowest BCUT2D eigenvalue weighted by Crippen LogP contribution is -2.60. The summed E-state index contributed by atoms with van der Waals surface area (Å²) >= 11 is 0. The predicted molar refractivity (Wildman–Crippen MR) is 118 cm³/mol. The number of esters is 1. The van der Waals surface area contributed by atoms with Gasteiger partial charge in [-0.3, -0.25) is 0 Å². The van der Waals surface area contributed by atoms with Gasteiger partial charge in [0.05, 0.1) is 12.4 Å². The van der Waals surface area contributed by atoms with Crippen molar-refractivity contribution in [1.82, 2.24) is 35.1 Å². The molecule has 2 aliphatic rings. The van der Waals surface area contributed by atoms with Gasteiger partial charge in [-0.1, -0.05) is 6.07 Å². The van der Waals surface area contributed by atoms with Crippen LogP contribution in [0.5, 0.6) is 5.75 Å². The number of piperidine rings is 1. The van der Waals surface area contributed by atoms with Crippen molar-refractivity contribution in [2.24, 2.45) is 12.5 Å². The molecule has 0 unspecified atom stereocenters. The number of hydrogen-bond acceptors (Lipinski definition) is 9. The third-order valence-corrected chi connectivity index (χ3v) is 6.52. The summed E-state index contributed by atoms with van der Waals surface area (Å²) in [4.78, 5) is 21.6. The Morgan fingerprint density at radius 3 is 2.40 bits per heavy atom. The Labute approximate surface area is 198 Å². The second-order valence-electron chi connectivity index (χ2n) is 9.12. The molecule has 0 amide bonds. The van der Waals surface area contributed by atoms with E-state index < -0.39 is 12.1 Å². The van der Waals surface area contributed by atoms with Crippen molar-refractivity contribution < 1.29 is 22.7 Å². The van der Waals surface area contributed by atoms with Crippen molar-refractivity contribution in [2.45, 2.75) is 19.0 Å². The molecule has 0 N–H and O–H groups in total. The van der Waals surface area contributed by atoms with Gasteiger partial charge in [-0.2, -0.15) is 28.2 Å². The van der Waals surface area contributed by atoms with E-state index in [1.54, 1.807) is 13.1 Å². The van der Waals surface area contributed by atoms with E-state index >= 15 is 0 Å². The highest BCUT2D eigenvalue weighted by atomic mass is 19.4. The summed E-state index contributed by atoms with van der Waals surface area (Å²) in [7, 11) is 3.73. The van der Waals surface area contributed by atoms with Crippen LogP contribution in [0.4, 0.5) is 19.1 Å². The van der Waals surface area contributed by atoms with Gasteiger partial charge in [0.2, 0.25) is 5.95 Å². The van der Waals surface area contributed by atoms with Crippen molar-refractivity contribution >= 4 is 11.9 Å². The number of anilines is 1. The van der Waals surface area contributed by atoms with Gasteiger partial charge in [-0.15, -0.1) is 10.2 Å². The Balaban J connectivity index is 1.39. The average Bonchev–Trinajstić information content (AvgIpc) is 3.24. The van der Waals surface area contributed by atoms with Gasteiger partial charge in [0.1, 0.15) is 17.1 Å². The first kappa shape index (κ1) is 23.1. The summed E-state index contributed by atoms with van der Waals surface area (Å²) < 4.78 is 43.4. The Morgan fingerprint density at radius 2 is 1.80 bits per heavy atom. The number of hydrogen-bond donors (Lipinski definition) is 0. The number of aryl methyl sites for hydroxylation is 1. The molecule has 5 rings (SSSR count). The summed E-state index contributed by atoms with van der Waals surface area (Å²) in [5.41, 5.74) is 1.44. The van der Waals surface area contributed by atoms with Crippen molar-refractivity contribution in [3.8, 4) is 28.3 Å². The zero-order valence-electron chi connectivity index (χ0n) is 19.2. The molecule has 1 spiro atoms. The van der Waals surface area contributed by atoms with E-state index in [1.807, 2.05) is 4.90 Å². The minimum atomic E-state index is -5.16. The van der Waals surface area contributed by atoms with Crippen LogP contribution in [0.25, 0.3) is 22.5 Å². The number of ether oxygens (including phenoxy) is 1. The zero-order chi connectivity index (χ0) is 24.8. The number of rotatable bonds is 4. The number of halogens is 3. The second kappa shape index (κ2) is 8.56. The Bertz CT molecular complexity index is 1230. The molecule has 2 aliphatic heterocycles. The predicted octanol–water partition coefficient (Wildman–Crippen LogP) is 2.33. The van der Waals surface area contributed by atoms with Crippen molar-refractivity contribution in [1.29, 1.82) is 0 Å². The third kappa shape index (κ3) is 4.67. The van der Waals surface area contributed by atoms with Crippen LogP contribution < -0.4 is 9.64 Å². The molecule has 10 nitrogen and oxygen atoms in total. The van der Waals surface area contributed by atoms with E-state index in [2.05, 4.69) is 37.3 Å². The molecule has 2 aromatic heterocycles. The molecule has 2 saturated heterocycles. The number of nitrogens with zero attached hydrogens (tertiary/aromatic N) is 8. The lowest BCUT2D eigenvalue weighted by Gasteiger charge is -2.53. The average molecular weight is 488 g/mol. The topological polar surface area (TPSA) is 102 Å². The lowest BCUT2D eigenvalue weighted by atomic mass is 9.72. The Morgan fingerprint density at radius 1 is 1.06 bits per heavy atom. The summed E-state index contributed by atoms with van der Waals surface area (Å²) in [5.74, 6) is -2.20. The Kier molecular flexibility index (Phi) is 5.66. The summed E-state index contributed by atoms with van der Waals surface area (Å²) in [6, 6.07) is 4.41. The maximum absolute atomic E-state index is 12.9. The van der Waals surface area contributed by atoms with E-state index in [9.17, 15) is 18.0 Å². The number of likely N-dealkylation sites (tertiary alicyclic amines) is 1. The highest BCUT2D eigenvalue weighted by Gasteiger charge is 2.45. The molecule has 35 heavy (non-hydrogen) atoms. The molecule has 13 heteroatoms. The van der Waals surface area contributed by atoms with E-state index in [0.29, 0.717) is 17.2 Å². The molecule has 1 aromatic carbocycles. The molecule has 0 aliphatic carbocycles. The van der Waals surface area contributed by atoms with E-state index in [1.165, 1.54) is 29.3 Å². The number of aromatic nitrogens is 6. The fourth-order valence-corrected chi connectivity index (χ4v) is 4.46. The van der Waals surface area contributed by atoms with Gasteiger partial charge >= 0.3 is 12.1 Å². The van der Waals surface area contributed by atoms with Crippen LogP contribution in [0.2, 0.25) is 0 Å². The standard InChI is InChI=1S/C22H23F3N8O2/c1-31-7-5-21(6-8-31)12-33(13-21)20-26-10-17(28-29-20)15-4-3-14(16-11-27-32(2)30-16)9-18(15)35-19(34)22(23,24)25/h3-4,9-11H,5-8,12-13H2,1-2H3. The van der Waals surface area contributed by atoms with Crippen LogP contribution in [0.3, 0.4) is 0 Å². The fourth-order valence-electron chi connectivity index (χ4n) is 4.46. The molecule has 0 saturated carbocycles. The SMILES string of the molecule is CN1CCC2(CC1)CN(c1ncc(-c3ccc(-c4cnn(C)n4)cc3OC(=O)C(F)(F)F)nn1)C2. The molecule has 2 fully saturated rings. The minimum Gasteiger partial charge on any atom is -0.419 e. The largest absolute Gasteiger partial charge is 0.491 e.